The average Bonchev–Trinajstić information content (AvgIpc) is 3.06. The van der Waals surface area contributed by atoms with E-state index >= 15 is 0 Å². The van der Waals surface area contributed by atoms with Gasteiger partial charge in [-0.15, -0.1) is 0 Å². The van der Waals surface area contributed by atoms with E-state index in [4.69, 9.17) is 4.74 Å². The molecule has 0 aromatic heterocycles. The van der Waals surface area contributed by atoms with E-state index in [1.54, 1.807) is 35.0 Å². The molecule has 0 saturated carbocycles. The lowest BCUT2D eigenvalue weighted by molar-refractivity contribution is -0.132. The van der Waals surface area contributed by atoms with Crippen LogP contribution in [0.5, 0.6) is 5.75 Å². The topological polar surface area (TPSA) is 49.9 Å². The van der Waals surface area contributed by atoms with Crippen LogP contribution in [0.25, 0.3) is 11.1 Å². The maximum atomic E-state index is 14.3. The zero-order valence-electron chi connectivity index (χ0n) is 18.1. The third kappa shape index (κ3) is 4.13. The Hall–Kier alpha value is -2.96. The summed E-state index contributed by atoms with van der Waals surface area (Å²) in [6.45, 7) is 6.83. The number of fused-ring (bicyclic) bond motifs is 2. The molecule has 164 valence electrons. The summed E-state index contributed by atoms with van der Waals surface area (Å²) in [6.07, 6.45) is 0.0294. The Labute approximate surface area is 180 Å². The number of benzene rings is 2. The van der Waals surface area contributed by atoms with Gasteiger partial charge in [-0.25, -0.2) is 8.78 Å². The van der Waals surface area contributed by atoms with Crippen molar-refractivity contribution in [2.24, 2.45) is 5.41 Å². The lowest BCUT2D eigenvalue weighted by atomic mass is 9.92. The Kier molecular flexibility index (Phi) is 5.23. The van der Waals surface area contributed by atoms with Gasteiger partial charge in [0.15, 0.2) is 0 Å². The number of amides is 2. The van der Waals surface area contributed by atoms with Crippen molar-refractivity contribution in [3.8, 4) is 16.9 Å². The third-order valence-electron chi connectivity index (χ3n) is 5.82. The monoisotopic (exact) mass is 428 g/mol. The average molecular weight is 428 g/mol. The van der Waals surface area contributed by atoms with E-state index in [2.05, 4.69) is 0 Å². The van der Waals surface area contributed by atoms with E-state index in [1.165, 1.54) is 12.1 Å². The molecule has 2 aliphatic rings. The Morgan fingerprint density at radius 3 is 2.48 bits per heavy atom. The van der Waals surface area contributed by atoms with Gasteiger partial charge < -0.3 is 14.5 Å². The molecule has 31 heavy (non-hydrogen) atoms. The smallest absolute Gasteiger partial charge is 0.257 e. The number of carbonyl (C=O) groups is 2. The molecule has 0 bridgehead atoms. The summed E-state index contributed by atoms with van der Waals surface area (Å²) in [5.41, 5.74) is 0.966. The molecule has 2 amide bonds. The first-order valence-corrected chi connectivity index (χ1v) is 10.3. The fourth-order valence-corrected chi connectivity index (χ4v) is 4.20. The minimum absolute atomic E-state index is 0.0346. The van der Waals surface area contributed by atoms with Crippen molar-refractivity contribution in [2.45, 2.75) is 39.3 Å². The zero-order chi connectivity index (χ0) is 22.5. The van der Waals surface area contributed by atoms with Crippen molar-refractivity contribution >= 4 is 11.8 Å². The van der Waals surface area contributed by atoms with E-state index in [9.17, 15) is 18.4 Å². The van der Waals surface area contributed by atoms with E-state index < -0.39 is 11.6 Å². The van der Waals surface area contributed by atoms with Crippen LogP contribution in [0.2, 0.25) is 0 Å². The summed E-state index contributed by atoms with van der Waals surface area (Å²) in [5, 5.41) is 0. The lowest BCUT2D eigenvalue weighted by Crippen LogP contribution is -2.44. The van der Waals surface area contributed by atoms with Gasteiger partial charge in [-0.1, -0.05) is 26.8 Å². The molecule has 2 atom stereocenters. The van der Waals surface area contributed by atoms with Crippen LogP contribution in [0.3, 0.4) is 0 Å². The highest BCUT2D eigenvalue weighted by Gasteiger charge is 2.44. The van der Waals surface area contributed by atoms with E-state index in [1.807, 2.05) is 20.8 Å². The van der Waals surface area contributed by atoms with Crippen molar-refractivity contribution in [2.75, 3.05) is 20.1 Å². The maximum Gasteiger partial charge on any atom is 0.257 e. The van der Waals surface area contributed by atoms with Gasteiger partial charge in [0.2, 0.25) is 5.91 Å². The number of nitrogens with zero attached hydrogens (tertiary/aromatic N) is 2. The number of carbonyl (C=O) groups excluding carboxylic acids is 2. The van der Waals surface area contributed by atoms with Gasteiger partial charge in [0.1, 0.15) is 23.5 Å². The summed E-state index contributed by atoms with van der Waals surface area (Å²) in [7, 11) is 1.71. The highest BCUT2D eigenvalue weighted by atomic mass is 19.1. The predicted molar refractivity (Wildman–Crippen MR) is 113 cm³/mol. The predicted octanol–water partition coefficient (Wildman–Crippen LogP) is 4.11. The quantitative estimate of drug-likeness (QED) is 0.723. The molecule has 1 saturated heterocycles. The molecule has 0 radical (unpaired) electrons. The molecule has 2 aromatic carbocycles. The van der Waals surface area contributed by atoms with Gasteiger partial charge >= 0.3 is 0 Å². The van der Waals surface area contributed by atoms with Crippen molar-refractivity contribution in [3.63, 3.8) is 0 Å². The SMILES string of the molecule is CN1C(=O)c2ccc(-c3ccc(F)cc3F)cc2OC2CN(C(=O)CC(C)(C)C)CC21. The lowest BCUT2D eigenvalue weighted by Gasteiger charge is -2.25. The van der Waals surface area contributed by atoms with Crippen molar-refractivity contribution in [1.82, 2.24) is 9.80 Å². The number of likely N-dealkylation sites (tertiary alicyclic amines) is 1. The Morgan fingerprint density at radius 1 is 1.10 bits per heavy atom. The van der Waals surface area contributed by atoms with Crippen LogP contribution >= 0.6 is 0 Å². The highest BCUT2D eigenvalue weighted by molar-refractivity contribution is 5.98. The highest BCUT2D eigenvalue weighted by Crippen LogP contribution is 2.35. The molecule has 2 aromatic rings. The van der Waals surface area contributed by atoms with Gasteiger partial charge in [0.05, 0.1) is 18.2 Å². The first kappa shape index (κ1) is 21.3. The summed E-state index contributed by atoms with van der Waals surface area (Å²) in [4.78, 5) is 29.2. The Bertz CT molecular complexity index is 1050. The summed E-state index contributed by atoms with van der Waals surface area (Å²) in [5.74, 6) is -1.17. The number of hydrogen-bond acceptors (Lipinski definition) is 3. The molecular formula is C24H26F2N2O3. The molecule has 4 rings (SSSR count). The first-order chi connectivity index (χ1) is 14.5. The number of hydrogen-bond donors (Lipinski definition) is 0. The van der Waals surface area contributed by atoms with Crippen LogP contribution in [0.4, 0.5) is 8.78 Å². The molecule has 0 spiro atoms. The fraction of sp³-hybridized carbons (Fsp3) is 0.417. The van der Waals surface area contributed by atoms with Gasteiger partial charge in [-0.2, -0.15) is 0 Å². The summed E-state index contributed by atoms with van der Waals surface area (Å²) in [6, 6.07) is 7.96. The molecule has 5 nitrogen and oxygen atoms in total. The second kappa shape index (κ2) is 7.62. The standard InChI is InChI=1S/C24H26F2N2O3/c1-24(2,3)11-22(29)28-12-19-21(13-28)31-20-9-14(5-7-17(20)23(30)27(19)4)16-8-6-15(25)10-18(16)26/h5-10,19,21H,11-13H2,1-4H3. The molecular weight excluding hydrogens is 402 g/mol. The molecule has 2 unspecified atom stereocenters. The summed E-state index contributed by atoms with van der Waals surface area (Å²) >= 11 is 0. The molecule has 0 N–H and O–H groups in total. The second-order valence-electron chi connectivity index (χ2n) is 9.51. The second-order valence-corrected chi connectivity index (χ2v) is 9.51. The molecule has 7 heteroatoms. The van der Waals surface area contributed by atoms with E-state index in [0.29, 0.717) is 36.4 Å². The van der Waals surface area contributed by atoms with Gasteiger partial charge in [-0.3, -0.25) is 9.59 Å². The van der Waals surface area contributed by atoms with E-state index in [0.717, 1.165) is 6.07 Å². The zero-order valence-corrected chi connectivity index (χ0v) is 18.1. The van der Waals surface area contributed by atoms with E-state index in [-0.39, 0.29) is 34.9 Å². The van der Waals surface area contributed by atoms with Crippen LogP contribution in [-0.2, 0) is 4.79 Å². The Morgan fingerprint density at radius 2 is 1.81 bits per heavy atom. The molecule has 1 fully saturated rings. The van der Waals surface area contributed by atoms with Gasteiger partial charge in [0, 0.05) is 31.6 Å². The van der Waals surface area contributed by atoms with Crippen LogP contribution in [0, 0.1) is 17.0 Å². The normalized spacial score (nSPS) is 20.8. The minimum atomic E-state index is -0.685. The number of likely N-dealkylation sites (N-methyl/N-ethyl adjacent to an activating group) is 1. The molecule has 0 aliphatic carbocycles. The van der Waals surface area contributed by atoms with Crippen LogP contribution < -0.4 is 4.74 Å². The molecule has 2 aliphatic heterocycles. The largest absolute Gasteiger partial charge is 0.485 e. The third-order valence-corrected chi connectivity index (χ3v) is 5.82. The first-order valence-electron chi connectivity index (χ1n) is 10.3. The number of halogens is 2. The van der Waals surface area contributed by atoms with Crippen LogP contribution in [0.15, 0.2) is 36.4 Å². The van der Waals surface area contributed by atoms with Crippen molar-refractivity contribution < 1.29 is 23.1 Å². The fourth-order valence-electron chi connectivity index (χ4n) is 4.20. The van der Waals surface area contributed by atoms with Crippen molar-refractivity contribution in [3.05, 3.63) is 53.6 Å². The van der Waals surface area contributed by atoms with Crippen LogP contribution in [0.1, 0.15) is 37.6 Å². The Balaban J connectivity index is 1.64. The molecule has 2 heterocycles. The number of rotatable bonds is 2. The maximum absolute atomic E-state index is 14.3. The van der Waals surface area contributed by atoms with Crippen molar-refractivity contribution in [1.29, 1.82) is 0 Å². The van der Waals surface area contributed by atoms with Gasteiger partial charge in [-0.05, 0) is 35.2 Å². The van der Waals surface area contributed by atoms with Crippen LogP contribution in [-0.4, -0.2) is 53.9 Å². The number of ether oxygens (including phenoxy) is 1. The summed E-state index contributed by atoms with van der Waals surface area (Å²) < 4.78 is 33.8. The van der Waals surface area contributed by atoms with Gasteiger partial charge in [0.25, 0.3) is 5.91 Å². The minimum Gasteiger partial charge on any atom is -0.485 e.